The molecule has 83 heavy (non-hydrogen) atoms. The van der Waals surface area contributed by atoms with E-state index in [0.29, 0.717) is 26.1 Å². The van der Waals surface area contributed by atoms with Gasteiger partial charge in [-0.1, -0.05) is 255 Å². The van der Waals surface area contributed by atoms with Gasteiger partial charge in [-0.05, 0) is 171 Å². The lowest BCUT2D eigenvalue weighted by Gasteiger charge is -2.48. The van der Waals surface area contributed by atoms with Gasteiger partial charge in [-0.25, -0.2) is 0 Å². The van der Waals surface area contributed by atoms with Crippen LogP contribution >= 0.6 is 0 Å². The Morgan fingerprint density at radius 2 is 0.518 bits per heavy atom. The Balaban J connectivity index is 1.14. The third-order valence-corrected chi connectivity index (χ3v) is 17.7. The Kier molecular flexibility index (Phi) is 12.7. The van der Waals surface area contributed by atoms with E-state index in [1.54, 1.807) is 0 Å². The molecule has 14 aromatic carbocycles. The van der Waals surface area contributed by atoms with Crippen LogP contribution in [0.15, 0.2) is 279 Å². The lowest BCUT2D eigenvalue weighted by atomic mass is 9.68. The Bertz CT molecular complexity index is 4220. The predicted molar refractivity (Wildman–Crippen MR) is 343 cm³/mol. The Labute approximate surface area is 484 Å². The highest BCUT2D eigenvalue weighted by atomic mass is 16.8. The summed E-state index contributed by atoms with van der Waals surface area (Å²) in [4.78, 5) is 0. The fourth-order valence-corrected chi connectivity index (χ4v) is 14.1. The van der Waals surface area contributed by atoms with E-state index in [0.717, 1.165) is 108 Å². The van der Waals surface area contributed by atoms with Gasteiger partial charge >= 0.3 is 0 Å². The SMILES string of the molecule is CC1(C)OC(C(OCCc2ccccc2)(c2cc3ccccc3c3ccccc23)c2cc3ccccc3c3ccccc23)C(C(OCCc2ccccc2)(c2cc3ccccc3c3ccccc23)c2cc3ccccc3c3ccccc23)O1. The van der Waals surface area contributed by atoms with Crippen LogP contribution in [0.3, 0.4) is 0 Å². The molecule has 1 saturated heterocycles. The molecular weight excluding hydrogens is 1010 g/mol. The third kappa shape index (κ3) is 8.59. The van der Waals surface area contributed by atoms with Crippen LogP contribution in [0.4, 0.5) is 0 Å². The van der Waals surface area contributed by atoms with E-state index in [2.05, 4.69) is 293 Å². The molecule has 0 aromatic heterocycles. The number of hydrogen-bond donors (Lipinski definition) is 0. The molecule has 0 saturated carbocycles. The van der Waals surface area contributed by atoms with Gasteiger partial charge in [0.2, 0.25) is 0 Å². The van der Waals surface area contributed by atoms with E-state index in [1.165, 1.54) is 11.1 Å². The van der Waals surface area contributed by atoms with Crippen molar-refractivity contribution in [2.24, 2.45) is 0 Å². The van der Waals surface area contributed by atoms with Crippen molar-refractivity contribution in [2.75, 3.05) is 13.2 Å². The van der Waals surface area contributed by atoms with Gasteiger partial charge in [-0.2, -0.15) is 0 Å². The van der Waals surface area contributed by atoms with Gasteiger partial charge in [0.05, 0.1) is 13.2 Å². The summed E-state index contributed by atoms with van der Waals surface area (Å²) in [6.07, 6.45) is -0.556. The average Bonchev–Trinajstić information content (AvgIpc) is 2.26. The van der Waals surface area contributed by atoms with Crippen molar-refractivity contribution < 1.29 is 18.9 Å². The molecule has 1 heterocycles. The van der Waals surface area contributed by atoms with Crippen molar-refractivity contribution in [1.29, 1.82) is 0 Å². The first-order chi connectivity index (χ1) is 40.9. The molecule has 0 radical (unpaired) electrons. The molecule has 0 N–H and O–H groups in total. The van der Waals surface area contributed by atoms with E-state index in [9.17, 15) is 0 Å². The normalized spacial score (nSPS) is 15.6. The maximum absolute atomic E-state index is 8.42. The van der Waals surface area contributed by atoms with Gasteiger partial charge in [0.1, 0.15) is 23.4 Å². The molecule has 1 aliphatic heterocycles. The summed E-state index contributed by atoms with van der Waals surface area (Å²) in [5.41, 5.74) is 3.43. The van der Waals surface area contributed by atoms with Crippen LogP contribution in [0, 0.1) is 0 Å². The van der Waals surface area contributed by atoms with Crippen molar-refractivity contribution in [1.82, 2.24) is 0 Å². The second-order valence-electron chi connectivity index (χ2n) is 22.9. The second-order valence-corrected chi connectivity index (χ2v) is 22.9. The van der Waals surface area contributed by atoms with Crippen LogP contribution in [0.1, 0.15) is 47.2 Å². The number of ether oxygens (including phenoxy) is 4. The smallest absolute Gasteiger partial charge is 0.164 e. The maximum atomic E-state index is 8.42. The van der Waals surface area contributed by atoms with Crippen LogP contribution in [-0.4, -0.2) is 31.2 Å². The summed E-state index contributed by atoms with van der Waals surface area (Å²) >= 11 is 0. The molecule has 14 aromatic rings. The maximum Gasteiger partial charge on any atom is 0.164 e. The van der Waals surface area contributed by atoms with E-state index < -0.39 is 29.2 Å². The molecule has 1 fully saturated rings. The van der Waals surface area contributed by atoms with Crippen LogP contribution < -0.4 is 0 Å². The molecule has 2 atom stereocenters. The predicted octanol–water partition coefficient (Wildman–Crippen LogP) is 19.1. The molecule has 0 amide bonds. The number of benzene rings is 14. The monoisotopic (exact) mass is 1070 g/mol. The summed E-state index contributed by atoms with van der Waals surface area (Å²) in [5.74, 6) is -1.20. The molecule has 0 bridgehead atoms. The summed E-state index contributed by atoms with van der Waals surface area (Å²) < 4.78 is 33.1. The summed E-state index contributed by atoms with van der Waals surface area (Å²) in [5, 5.41) is 17.8. The largest absolute Gasteiger partial charge is 0.362 e. The quantitative estimate of drug-likeness (QED) is 0.102. The van der Waals surface area contributed by atoms with E-state index >= 15 is 0 Å². The molecule has 4 heteroatoms. The second kappa shape index (κ2) is 20.8. The molecule has 4 nitrogen and oxygen atoms in total. The van der Waals surface area contributed by atoms with Crippen molar-refractivity contribution in [3.63, 3.8) is 0 Å². The molecule has 0 spiro atoms. The molecule has 2 unspecified atom stereocenters. The van der Waals surface area contributed by atoms with Crippen molar-refractivity contribution in [3.05, 3.63) is 312 Å². The van der Waals surface area contributed by atoms with Gasteiger partial charge in [0.25, 0.3) is 0 Å². The third-order valence-electron chi connectivity index (χ3n) is 17.7. The van der Waals surface area contributed by atoms with Crippen molar-refractivity contribution in [3.8, 4) is 0 Å². The summed E-state index contributed by atoms with van der Waals surface area (Å²) in [6, 6.07) is 102. The Morgan fingerprint density at radius 1 is 0.289 bits per heavy atom. The zero-order chi connectivity index (χ0) is 55.5. The summed E-state index contributed by atoms with van der Waals surface area (Å²) in [6.45, 7) is 4.85. The topological polar surface area (TPSA) is 36.9 Å². The van der Waals surface area contributed by atoms with Gasteiger partial charge in [-0.15, -0.1) is 0 Å². The fraction of sp³-hybridized carbons (Fsp3) is 0.139. The van der Waals surface area contributed by atoms with Crippen molar-refractivity contribution >= 4 is 86.2 Å². The molecular formula is C79H62O4. The zero-order valence-electron chi connectivity index (χ0n) is 46.7. The van der Waals surface area contributed by atoms with E-state index in [4.69, 9.17) is 18.9 Å². The zero-order valence-corrected chi connectivity index (χ0v) is 46.7. The minimum absolute atomic E-state index is 0.346. The first-order valence-electron chi connectivity index (χ1n) is 29.2. The van der Waals surface area contributed by atoms with Gasteiger partial charge in [0.15, 0.2) is 5.79 Å². The summed E-state index contributed by atoms with van der Waals surface area (Å²) in [7, 11) is 0. The molecule has 0 aliphatic carbocycles. The van der Waals surface area contributed by atoms with Crippen LogP contribution in [-0.2, 0) is 43.0 Å². The molecule has 402 valence electrons. The van der Waals surface area contributed by atoms with Crippen LogP contribution in [0.5, 0.6) is 0 Å². The number of rotatable bonds is 14. The Hall–Kier alpha value is -9.00. The lowest BCUT2D eigenvalue weighted by molar-refractivity contribution is -0.180. The first-order valence-corrected chi connectivity index (χ1v) is 29.2. The average molecular weight is 1080 g/mol. The standard InChI is InChI=1S/C79H62O4/c1-77(2)82-75(78(80-47-45-53-25-5-3-6-26-53,71-49-55-29-9-13-33-59(55)63-37-17-21-41-67(63)71)72-50-56-30-10-14-34-60(56)64-38-18-22-42-68(64)72)76(83-77)79(81-48-46-54-27-7-4-8-28-54,73-51-57-31-11-15-35-61(57)65-39-19-23-43-69(65)73)74-52-58-32-12-16-36-62(58)66-40-20-24-44-70(66)74/h3-44,49-52,75-76H,45-48H2,1-2H3. The van der Waals surface area contributed by atoms with Crippen molar-refractivity contribution in [2.45, 2.75) is 55.9 Å². The Morgan fingerprint density at radius 3 is 0.795 bits per heavy atom. The molecule has 15 rings (SSSR count). The van der Waals surface area contributed by atoms with Gasteiger partial charge in [0, 0.05) is 0 Å². The van der Waals surface area contributed by atoms with Crippen LogP contribution in [0.2, 0.25) is 0 Å². The minimum atomic E-state index is -1.44. The van der Waals surface area contributed by atoms with Gasteiger partial charge in [-0.3, -0.25) is 0 Å². The number of hydrogen-bond acceptors (Lipinski definition) is 4. The van der Waals surface area contributed by atoms with Gasteiger partial charge < -0.3 is 18.9 Å². The highest BCUT2D eigenvalue weighted by Crippen LogP contribution is 2.58. The lowest BCUT2D eigenvalue weighted by Crippen LogP contribution is -2.57. The highest BCUT2D eigenvalue weighted by molar-refractivity contribution is 6.14. The first kappa shape index (κ1) is 50.9. The van der Waals surface area contributed by atoms with E-state index in [1.807, 2.05) is 0 Å². The van der Waals surface area contributed by atoms with Crippen LogP contribution in [0.25, 0.3) is 86.2 Å². The van der Waals surface area contributed by atoms with E-state index in [-0.39, 0.29) is 0 Å². The minimum Gasteiger partial charge on any atom is -0.362 e. The number of fused-ring (bicyclic) bond motifs is 12. The fourth-order valence-electron chi connectivity index (χ4n) is 14.1. The highest BCUT2D eigenvalue weighted by Gasteiger charge is 2.64. The molecule has 1 aliphatic rings.